The Bertz CT molecular complexity index is 1720. The van der Waals surface area contributed by atoms with E-state index < -0.39 is 17.4 Å². The molecule has 11 heteroatoms. The van der Waals surface area contributed by atoms with Crippen LogP contribution in [0, 0.1) is 0 Å². The van der Waals surface area contributed by atoms with E-state index in [4.69, 9.17) is 9.94 Å². The number of anilines is 3. The van der Waals surface area contributed by atoms with Crippen LogP contribution in [0.1, 0.15) is 20.8 Å². The minimum Gasteiger partial charge on any atom is -0.394 e. The molecular formula is C29H24N6O5. The van der Waals surface area contributed by atoms with Gasteiger partial charge in [-0.05, 0) is 60.7 Å². The van der Waals surface area contributed by atoms with E-state index in [1.165, 1.54) is 16.8 Å². The average molecular weight is 537 g/mol. The number of carbonyl (C=O) groups is 2. The number of hydrogen-bond donors (Lipinski definition) is 4. The summed E-state index contributed by atoms with van der Waals surface area (Å²) in [7, 11) is 0. The summed E-state index contributed by atoms with van der Waals surface area (Å²) in [4.78, 5) is 51.4. The van der Waals surface area contributed by atoms with E-state index in [1.807, 2.05) is 18.2 Å². The van der Waals surface area contributed by atoms with E-state index in [-0.39, 0.29) is 24.5 Å². The summed E-state index contributed by atoms with van der Waals surface area (Å²) in [5.41, 5.74) is 5.09. The monoisotopic (exact) mass is 536 g/mol. The number of fused-ring (bicyclic) bond motifs is 1. The van der Waals surface area contributed by atoms with Crippen molar-refractivity contribution < 1.29 is 19.5 Å². The van der Waals surface area contributed by atoms with E-state index >= 15 is 0 Å². The summed E-state index contributed by atoms with van der Waals surface area (Å²) < 4.78 is 1.42. The number of nitrogens with zero attached hydrogens (tertiary/aromatic N) is 3. The topological polar surface area (TPSA) is 147 Å². The first-order valence-corrected chi connectivity index (χ1v) is 12.3. The van der Waals surface area contributed by atoms with Gasteiger partial charge in [-0.1, -0.05) is 18.2 Å². The summed E-state index contributed by atoms with van der Waals surface area (Å²) in [6.45, 7) is -0.271. The van der Waals surface area contributed by atoms with Gasteiger partial charge in [0.15, 0.2) is 0 Å². The van der Waals surface area contributed by atoms with E-state index in [9.17, 15) is 14.4 Å². The number of aliphatic hydroxyl groups excluding tert-OH is 1. The quantitative estimate of drug-likeness (QED) is 0.165. The van der Waals surface area contributed by atoms with Crippen LogP contribution in [-0.2, 0) is 4.84 Å². The zero-order valence-corrected chi connectivity index (χ0v) is 21.1. The molecule has 0 saturated heterocycles. The molecule has 0 atom stereocenters. The summed E-state index contributed by atoms with van der Waals surface area (Å²) in [5, 5.41) is 15.5. The van der Waals surface area contributed by atoms with Gasteiger partial charge in [0.2, 0.25) is 0 Å². The fourth-order valence-corrected chi connectivity index (χ4v) is 3.95. The highest BCUT2D eigenvalue weighted by molar-refractivity contribution is 6.04. The van der Waals surface area contributed by atoms with Gasteiger partial charge in [-0.15, -0.1) is 0 Å². The van der Waals surface area contributed by atoms with E-state index in [0.29, 0.717) is 33.7 Å². The lowest BCUT2D eigenvalue weighted by molar-refractivity contribution is 0.0165. The van der Waals surface area contributed by atoms with Gasteiger partial charge in [0.1, 0.15) is 11.3 Å². The molecule has 2 aromatic carbocycles. The molecule has 0 aliphatic rings. The summed E-state index contributed by atoms with van der Waals surface area (Å²) in [5.74, 6) is -1.07. The smallest absolute Gasteiger partial charge is 0.293 e. The van der Waals surface area contributed by atoms with Crippen molar-refractivity contribution in [3.05, 3.63) is 119 Å². The lowest BCUT2D eigenvalue weighted by atomic mass is 10.1. The first-order chi connectivity index (χ1) is 19.5. The molecule has 0 unspecified atom stereocenters. The first-order valence-electron chi connectivity index (χ1n) is 12.3. The predicted octanol–water partition coefficient (Wildman–Crippen LogP) is 3.43. The number of amides is 2. The molecule has 0 spiro atoms. The van der Waals surface area contributed by atoms with Gasteiger partial charge < -0.3 is 15.7 Å². The molecule has 200 valence electrons. The molecule has 5 aromatic rings. The summed E-state index contributed by atoms with van der Waals surface area (Å²) >= 11 is 0. The highest BCUT2D eigenvalue weighted by Crippen LogP contribution is 2.26. The standard InChI is InChI=1S/C29H24N6O5/c36-15-16-40-34-28(38)25-17-23-24(12-13-30-26(23)18-31-25)32-19-8-10-20(11-9-19)33-27(37)22-7-4-14-35(29(22)39)21-5-2-1-3-6-21/h1-14,17-18,36H,15-16H2,(H,30,32)(H,33,37)(H,34,38). The summed E-state index contributed by atoms with van der Waals surface area (Å²) in [6, 6.07) is 22.5. The number of para-hydroxylation sites is 1. The number of benzene rings is 2. The molecule has 0 aliphatic heterocycles. The van der Waals surface area contributed by atoms with Crippen LogP contribution in [0.5, 0.6) is 0 Å². The largest absolute Gasteiger partial charge is 0.394 e. The molecule has 3 aromatic heterocycles. The third kappa shape index (κ3) is 5.85. The zero-order valence-electron chi connectivity index (χ0n) is 21.1. The van der Waals surface area contributed by atoms with Gasteiger partial charge in [-0.2, -0.15) is 0 Å². The highest BCUT2D eigenvalue weighted by Gasteiger charge is 2.14. The van der Waals surface area contributed by atoms with Crippen LogP contribution in [0.4, 0.5) is 17.1 Å². The van der Waals surface area contributed by atoms with Gasteiger partial charge in [0, 0.05) is 40.5 Å². The Morgan fingerprint density at radius 3 is 2.45 bits per heavy atom. The molecule has 2 amide bonds. The molecule has 3 heterocycles. The van der Waals surface area contributed by atoms with Gasteiger partial charge in [0.05, 0.1) is 24.9 Å². The number of aromatic nitrogens is 3. The van der Waals surface area contributed by atoms with Crippen LogP contribution in [0.2, 0.25) is 0 Å². The van der Waals surface area contributed by atoms with Crippen molar-refractivity contribution in [2.75, 3.05) is 23.8 Å². The highest BCUT2D eigenvalue weighted by atomic mass is 16.7. The Morgan fingerprint density at radius 1 is 0.900 bits per heavy atom. The lowest BCUT2D eigenvalue weighted by Gasteiger charge is -2.12. The normalized spacial score (nSPS) is 10.7. The Labute approximate surface area is 228 Å². The number of pyridine rings is 3. The van der Waals surface area contributed by atoms with Crippen LogP contribution in [0.3, 0.4) is 0 Å². The Kier molecular flexibility index (Phi) is 7.86. The fraction of sp³-hybridized carbons (Fsp3) is 0.0690. The van der Waals surface area contributed by atoms with Crippen molar-refractivity contribution >= 4 is 39.8 Å². The van der Waals surface area contributed by atoms with Crippen molar-refractivity contribution in [1.82, 2.24) is 20.0 Å². The number of hydrogen-bond acceptors (Lipinski definition) is 8. The molecule has 0 fully saturated rings. The van der Waals surface area contributed by atoms with Gasteiger partial charge in [-0.3, -0.25) is 28.8 Å². The molecule has 11 nitrogen and oxygen atoms in total. The van der Waals surface area contributed by atoms with Crippen molar-refractivity contribution in [3.63, 3.8) is 0 Å². The molecule has 0 saturated carbocycles. The Balaban J connectivity index is 1.31. The van der Waals surface area contributed by atoms with Gasteiger partial charge in [-0.25, -0.2) is 10.5 Å². The molecule has 5 rings (SSSR count). The van der Waals surface area contributed by atoms with Crippen LogP contribution in [0.15, 0.2) is 102 Å². The fourth-order valence-electron chi connectivity index (χ4n) is 3.95. The van der Waals surface area contributed by atoms with Crippen LogP contribution < -0.4 is 21.7 Å². The lowest BCUT2D eigenvalue weighted by Crippen LogP contribution is -2.27. The van der Waals surface area contributed by atoms with Gasteiger partial charge in [0.25, 0.3) is 17.4 Å². The van der Waals surface area contributed by atoms with Crippen molar-refractivity contribution in [3.8, 4) is 5.69 Å². The maximum absolute atomic E-state index is 12.9. The summed E-state index contributed by atoms with van der Waals surface area (Å²) in [6.07, 6.45) is 4.72. The van der Waals surface area contributed by atoms with E-state index in [1.54, 1.807) is 67.0 Å². The first kappa shape index (κ1) is 26.2. The second-order valence-corrected chi connectivity index (χ2v) is 8.54. The van der Waals surface area contributed by atoms with E-state index in [2.05, 4.69) is 26.1 Å². The minimum atomic E-state index is -0.556. The Morgan fingerprint density at radius 2 is 1.68 bits per heavy atom. The number of aliphatic hydroxyl groups is 1. The molecule has 40 heavy (non-hydrogen) atoms. The third-order valence-electron chi connectivity index (χ3n) is 5.87. The number of hydroxylamine groups is 1. The number of nitrogens with one attached hydrogen (secondary N) is 3. The molecule has 0 aliphatic carbocycles. The third-order valence-corrected chi connectivity index (χ3v) is 5.87. The van der Waals surface area contributed by atoms with E-state index in [0.717, 1.165) is 0 Å². The van der Waals surface area contributed by atoms with Crippen molar-refractivity contribution in [1.29, 1.82) is 0 Å². The van der Waals surface area contributed by atoms with Crippen LogP contribution >= 0.6 is 0 Å². The molecular weight excluding hydrogens is 512 g/mol. The predicted molar refractivity (Wildman–Crippen MR) is 150 cm³/mol. The molecule has 0 radical (unpaired) electrons. The Hall–Kier alpha value is -5.39. The molecule has 0 bridgehead atoms. The van der Waals surface area contributed by atoms with Gasteiger partial charge >= 0.3 is 0 Å². The molecule has 4 N–H and O–H groups in total. The van der Waals surface area contributed by atoms with Crippen LogP contribution in [0.25, 0.3) is 16.6 Å². The maximum atomic E-state index is 12.9. The van der Waals surface area contributed by atoms with Crippen molar-refractivity contribution in [2.24, 2.45) is 0 Å². The number of rotatable bonds is 9. The average Bonchev–Trinajstić information content (AvgIpc) is 2.98. The minimum absolute atomic E-state index is 0.0204. The second kappa shape index (κ2) is 12.0. The SMILES string of the molecule is O=C(NOCCO)c1cc2c(Nc3ccc(NC(=O)c4cccn(-c5ccccc5)c4=O)cc3)ccnc2cn1. The zero-order chi connectivity index (χ0) is 27.9. The maximum Gasteiger partial charge on any atom is 0.293 e. The van der Waals surface area contributed by atoms with Crippen LogP contribution in [-0.4, -0.2) is 44.7 Å². The second-order valence-electron chi connectivity index (χ2n) is 8.54. The number of carbonyl (C=O) groups excluding carboxylic acids is 2. The van der Waals surface area contributed by atoms with Crippen molar-refractivity contribution in [2.45, 2.75) is 0 Å².